The fourth-order valence-corrected chi connectivity index (χ4v) is 2.96. The molecule has 0 aliphatic carbocycles. The van der Waals surface area contributed by atoms with E-state index in [9.17, 15) is 9.90 Å². The highest BCUT2D eigenvalue weighted by molar-refractivity contribution is 7.13. The zero-order valence-electron chi connectivity index (χ0n) is 10.5. The Morgan fingerprint density at radius 1 is 1.60 bits per heavy atom. The van der Waals surface area contributed by atoms with Gasteiger partial charge in [-0.1, -0.05) is 11.2 Å². The number of carboxylic acids is 1. The Labute approximate surface area is 118 Å². The van der Waals surface area contributed by atoms with Gasteiger partial charge in [0.25, 0.3) is 5.89 Å². The van der Waals surface area contributed by atoms with Gasteiger partial charge in [-0.05, 0) is 11.4 Å². The van der Waals surface area contributed by atoms with E-state index in [-0.39, 0.29) is 13.0 Å². The molecule has 1 aliphatic heterocycles. The topological polar surface area (TPSA) is 99.7 Å². The number of aromatic nitrogens is 2. The van der Waals surface area contributed by atoms with E-state index in [0.29, 0.717) is 18.3 Å². The van der Waals surface area contributed by atoms with Gasteiger partial charge in [0, 0.05) is 13.0 Å². The van der Waals surface area contributed by atoms with E-state index >= 15 is 0 Å². The smallest absolute Gasteiger partial charge is 0.321 e. The molecule has 0 spiro atoms. The molecule has 0 amide bonds. The van der Waals surface area contributed by atoms with Crippen LogP contribution in [-0.4, -0.2) is 49.9 Å². The maximum atomic E-state index is 11.1. The van der Waals surface area contributed by atoms with E-state index in [2.05, 4.69) is 10.1 Å². The quantitative estimate of drug-likeness (QED) is 0.861. The second-order valence-corrected chi connectivity index (χ2v) is 5.61. The first-order valence-corrected chi connectivity index (χ1v) is 7.03. The third-order valence-electron chi connectivity index (χ3n) is 3.21. The van der Waals surface area contributed by atoms with Crippen molar-refractivity contribution in [3.8, 4) is 10.8 Å². The van der Waals surface area contributed by atoms with Gasteiger partial charge in [0.05, 0.1) is 17.5 Å². The van der Waals surface area contributed by atoms with E-state index in [4.69, 9.17) is 9.63 Å². The summed E-state index contributed by atoms with van der Waals surface area (Å²) in [5.41, 5.74) is 0. The third kappa shape index (κ3) is 2.58. The standard InChI is InChI=1S/C12H13N3O4S/c16-7-4-8(12(17)18)15(5-7)6-10-13-11(19-14-10)9-2-1-3-20-9/h1-3,7-8,16H,4-6H2,(H,17,18). The fraction of sp³-hybridized carbons (Fsp3) is 0.417. The number of rotatable bonds is 4. The number of likely N-dealkylation sites (tertiary alicyclic amines) is 1. The van der Waals surface area contributed by atoms with Gasteiger partial charge in [-0.25, -0.2) is 0 Å². The number of carboxylic acid groups (broad SMARTS) is 1. The highest BCUT2D eigenvalue weighted by Gasteiger charge is 2.36. The highest BCUT2D eigenvalue weighted by atomic mass is 32.1. The first-order chi connectivity index (χ1) is 9.63. The summed E-state index contributed by atoms with van der Waals surface area (Å²) in [4.78, 5) is 17.9. The lowest BCUT2D eigenvalue weighted by Gasteiger charge is -2.18. The summed E-state index contributed by atoms with van der Waals surface area (Å²) in [6, 6.07) is 3.07. The molecule has 1 aliphatic rings. The first kappa shape index (κ1) is 13.2. The van der Waals surface area contributed by atoms with E-state index < -0.39 is 18.1 Å². The minimum absolute atomic E-state index is 0.227. The maximum absolute atomic E-state index is 11.1. The molecule has 0 aromatic carbocycles. The monoisotopic (exact) mass is 295 g/mol. The van der Waals surface area contributed by atoms with Gasteiger partial charge >= 0.3 is 5.97 Å². The Kier molecular flexibility index (Phi) is 3.51. The number of carbonyl (C=O) groups is 1. The van der Waals surface area contributed by atoms with Crippen molar-refractivity contribution < 1.29 is 19.5 Å². The molecule has 1 saturated heterocycles. The summed E-state index contributed by atoms with van der Waals surface area (Å²) in [5.74, 6) is -0.0844. The van der Waals surface area contributed by atoms with Gasteiger partial charge in [0.1, 0.15) is 6.04 Å². The predicted octanol–water partition coefficient (Wildman–Crippen LogP) is 0.818. The Balaban J connectivity index is 1.73. The predicted molar refractivity (Wildman–Crippen MR) is 70.1 cm³/mol. The second-order valence-electron chi connectivity index (χ2n) is 4.67. The molecule has 2 aromatic rings. The zero-order chi connectivity index (χ0) is 14.1. The molecule has 106 valence electrons. The number of hydrogen-bond donors (Lipinski definition) is 2. The van der Waals surface area contributed by atoms with Gasteiger partial charge in [0.15, 0.2) is 5.82 Å². The number of aliphatic hydroxyl groups is 1. The molecule has 3 rings (SSSR count). The minimum atomic E-state index is -0.941. The van der Waals surface area contributed by atoms with E-state index in [1.807, 2.05) is 17.5 Å². The second kappa shape index (κ2) is 5.31. The lowest BCUT2D eigenvalue weighted by atomic mass is 10.2. The van der Waals surface area contributed by atoms with Crippen LogP contribution in [-0.2, 0) is 11.3 Å². The normalized spacial score (nSPS) is 23.2. The molecular formula is C12H13N3O4S. The van der Waals surface area contributed by atoms with Gasteiger partial charge < -0.3 is 14.7 Å². The molecule has 2 aromatic heterocycles. The lowest BCUT2D eigenvalue weighted by molar-refractivity contribution is -0.142. The fourth-order valence-electron chi connectivity index (χ4n) is 2.31. The highest BCUT2D eigenvalue weighted by Crippen LogP contribution is 2.24. The van der Waals surface area contributed by atoms with E-state index in [0.717, 1.165) is 4.88 Å². The molecule has 8 heteroatoms. The zero-order valence-corrected chi connectivity index (χ0v) is 11.3. The number of aliphatic hydroxyl groups excluding tert-OH is 1. The molecule has 7 nitrogen and oxygen atoms in total. The molecule has 2 unspecified atom stereocenters. The Bertz CT molecular complexity index is 598. The van der Waals surface area contributed by atoms with Crippen LogP contribution in [0.15, 0.2) is 22.0 Å². The molecule has 2 N–H and O–H groups in total. The molecule has 1 fully saturated rings. The van der Waals surface area contributed by atoms with Crippen LogP contribution in [0.1, 0.15) is 12.2 Å². The van der Waals surface area contributed by atoms with Crippen molar-refractivity contribution in [3.05, 3.63) is 23.3 Å². The van der Waals surface area contributed by atoms with Crippen molar-refractivity contribution >= 4 is 17.3 Å². The SMILES string of the molecule is O=C(O)C1CC(O)CN1Cc1noc(-c2cccs2)n1. The van der Waals surface area contributed by atoms with Crippen molar-refractivity contribution in [2.75, 3.05) is 6.54 Å². The van der Waals surface area contributed by atoms with Crippen LogP contribution >= 0.6 is 11.3 Å². The molecule has 0 radical (unpaired) electrons. The number of β-amino-alcohol motifs (C(OH)–C–C–N with tert-alkyl or cyclic N) is 1. The van der Waals surface area contributed by atoms with Crippen molar-refractivity contribution in [2.24, 2.45) is 0 Å². The molecule has 20 heavy (non-hydrogen) atoms. The van der Waals surface area contributed by atoms with Gasteiger partial charge in [-0.15, -0.1) is 11.3 Å². The summed E-state index contributed by atoms with van der Waals surface area (Å²) >= 11 is 1.49. The summed E-state index contributed by atoms with van der Waals surface area (Å²) in [5, 5.41) is 24.5. The van der Waals surface area contributed by atoms with Gasteiger partial charge in [-0.2, -0.15) is 4.98 Å². The number of nitrogens with zero attached hydrogens (tertiary/aromatic N) is 3. The van der Waals surface area contributed by atoms with Crippen molar-refractivity contribution in [3.63, 3.8) is 0 Å². The number of aliphatic carboxylic acids is 1. The molecular weight excluding hydrogens is 282 g/mol. The van der Waals surface area contributed by atoms with Gasteiger partial charge in [-0.3, -0.25) is 9.69 Å². The Morgan fingerprint density at radius 3 is 3.15 bits per heavy atom. The third-order valence-corrected chi connectivity index (χ3v) is 4.07. The molecule has 3 heterocycles. The van der Waals surface area contributed by atoms with Crippen LogP contribution in [0.5, 0.6) is 0 Å². The number of hydrogen-bond acceptors (Lipinski definition) is 7. The Morgan fingerprint density at radius 2 is 2.45 bits per heavy atom. The van der Waals surface area contributed by atoms with Crippen molar-refractivity contribution in [1.82, 2.24) is 15.0 Å². The van der Waals surface area contributed by atoms with Crippen LogP contribution < -0.4 is 0 Å². The first-order valence-electron chi connectivity index (χ1n) is 6.15. The maximum Gasteiger partial charge on any atom is 0.321 e. The van der Waals surface area contributed by atoms with Crippen molar-refractivity contribution in [2.45, 2.75) is 25.1 Å². The average molecular weight is 295 g/mol. The summed E-state index contributed by atoms with van der Waals surface area (Å²) in [6.07, 6.45) is -0.398. The Hall–Kier alpha value is -1.77. The largest absolute Gasteiger partial charge is 0.480 e. The summed E-state index contributed by atoms with van der Waals surface area (Å²) < 4.78 is 5.15. The van der Waals surface area contributed by atoms with Crippen LogP contribution in [0.2, 0.25) is 0 Å². The average Bonchev–Trinajstić information content (AvgIpc) is 3.09. The van der Waals surface area contributed by atoms with Crippen LogP contribution in [0.4, 0.5) is 0 Å². The molecule has 2 atom stereocenters. The summed E-state index contributed by atoms with van der Waals surface area (Å²) in [7, 11) is 0. The van der Waals surface area contributed by atoms with Crippen LogP contribution in [0.25, 0.3) is 10.8 Å². The van der Waals surface area contributed by atoms with Crippen LogP contribution in [0, 0.1) is 0 Å². The molecule has 0 saturated carbocycles. The lowest BCUT2D eigenvalue weighted by Crippen LogP contribution is -2.35. The molecule has 0 bridgehead atoms. The summed E-state index contributed by atoms with van der Waals surface area (Å²) in [6.45, 7) is 0.558. The van der Waals surface area contributed by atoms with Gasteiger partial charge in [0.2, 0.25) is 0 Å². The van der Waals surface area contributed by atoms with E-state index in [1.54, 1.807) is 4.90 Å². The minimum Gasteiger partial charge on any atom is -0.480 e. The van der Waals surface area contributed by atoms with E-state index in [1.165, 1.54) is 11.3 Å². The van der Waals surface area contributed by atoms with Crippen molar-refractivity contribution in [1.29, 1.82) is 0 Å². The number of thiophene rings is 1. The van der Waals surface area contributed by atoms with Crippen LogP contribution in [0.3, 0.4) is 0 Å².